The number of rotatable bonds is 1. The molecular formula is C6H10N6P2. The van der Waals surface area contributed by atoms with Gasteiger partial charge in [-0.1, -0.05) is 0 Å². The van der Waals surface area contributed by atoms with Crippen LogP contribution in [0.25, 0.3) is 5.65 Å². The third kappa shape index (κ3) is 1.51. The molecule has 2 rings (SSSR count). The van der Waals surface area contributed by atoms with Crippen molar-refractivity contribution in [3.8, 4) is 0 Å². The van der Waals surface area contributed by atoms with Gasteiger partial charge in [0.15, 0.2) is 5.65 Å². The first-order valence-electron chi connectivity index (χ1n) is 3.87. The highest BCUT2D eigenvalue weighted by molar-refractivity contribution is 7.39. The van der Waals surface area contributed by atoms with Crippen LogP contribution < -0.4 is 10.2 Å². The number of nitrogens with zero attached hydrogens (tertiary/aromatic N) is 5. The Hall–Kier alpha value is -0.990. The first kappa shape index (κ1) is 9.56. The first-order chi connectivity index (χ1) is 6.58. The van der Waals surface area contributed by atoms with Crippen molar-refractivity contribution in [2.45, 2.75) is 6.92 Å². The highest BCUT2D eigenvalue weighted by atomic mass is 31.1. The summed E-state index contributed by atoms with van der Waals surface area (Å²) in [5.41, 5.74) is 7.07. The summed E-state index contributed by atoms with van der Waals surface area (Å²) in [5.74, 6) is 0.898. The fraction of sp³-hybridized carbons (Fsp3) is 0.167. The molecule has 0 fully saturated rings. The van der Waals surface area contributed by atoms with Gasteiger partial charge in [0.05, 0.1) is 0 Å². The third-order valence-electron chi connectivity index (χ3n) is 1.68. The molecule has 6 nitrogen and oxygen atoms in total. The van der Waals surface area contributed by atoms with Crippen LogP contribution in [0.4, 0.5) is 11.9 Å². The molecule has 2 unspecified atom stereocenters. The van der Waals surface area contributed by atoms with Gasteiger partial charge in [-0.3, -0.25) is 0 Å². The summed E-state index contributed by atoms with van der Waals surface area (Å²) in [6, 6.07) is 1.83. The topological polar surface area (TPSA) is 72.3 Å². The third-order valence-corrected chi connectivity index (χ3v) is 2.15. The Kier molecular flexibility index (Phi) is 2.25. The van der Waals surface area contributed by atoms with E-state index in [2.05, 4.69) is 33.8 Å². The smallest absolute Gasteiger partial charge is 0.240 e. The Bertz CT molecular complexity index is 478. The summed E-state index contributed by atoms with van der Waals surface area (Å²) in [6.45, 7) is 1.90. The van der Waals surface area contributed by atoms with Crippen molar-refractivity contribution in [3.05, 3.63) is 11.8 Å². The van der Waals surface area contributed by atoms with Crippen molar-refractivity contribution in [1.82, 2.24) is 19.6 Å². The molecule has 0 aromatic carbocycles. The Balaban J connectivity index is 2.79. The summed E-state index contributed by atoms with van der Waals surface area (Å²) >= 11 is 0. The molecule has 0 saturated carbocycles. The molecule has 2 atom stereocenters. The van der Waals surface area contributed by atoms with Crippen LogP contribution in [-0.2, 0) is 0 Å². The molecule has 2 aromatic rings. The minimum atomic E-state index is 0.246. The van der Waals surface area contributed by atoms with Crippen molar-refractivity contribution < 1.29 is 0 Å². The Labute approximate surface area is 85.4 Å². The second-order valence-electron chi connectivity index (χ2n) is 2.84. The molecule has 2 heterocycles. The molecule has 14 heavy (non-hydrogen) atoms. The number of hydrogen-bond donors (Lipinski definition) is 1. The van der Waals surface area contributed by atoms with Crippen molar-refractivity contribution >= 4 is 36.3 Å². The molecule has 0 spiro atoms. The molecule has 74 valence electrons. The van der Waals surface area contributed by atoms with E-state index in [4.69, 9.17) is 5.73 Å². The number of aromatic nitrogens is 4. The van der Waals surface area contributed by atoms with E-state index in [1.807, 2.05) is 13.0 Å². The van der Waals surface area contributed by atoms with Crippen molar-refractivity contribution in [3.63, 3.8) is 0 Å². The Morgan fingerprint density at radius 2 is 2.14 bits per heavy atom. The highest BCUT2D eigenvalue weighted by Gasteiger charge is 2.09. The number of anilines is 2. The zero-order valence-electron chi connectivity index (χ0n) is 7.55. The monoisotopic (exact) mass is 228 g/mol. The fourth-order valence-electron chi connectivity index (χ4n) is 1.17. The zero-order chi connectivity index (χ0) is 10.3. The van der Waals surface area contributed by atoms with Crippen LogP contribution >= 0.6 is 18.8 Å². The van der Waals surface area contributed by atoms with Gasteiger partial charge in [0.25, 0.3) is 0 Å². The van der Waals surface area contributed by atoms with E-state index in [1.165, 1.54) is 0 Å². The van der Waals surface area contributed by atoms with E-state index in [0.29, 0.717) is 11.6 Å². The zero-order valence-corrected chi connectivity index (χ0v) is 9.85. The average molecular weight is 228 g/mol. The van der Waals surface area contributed by atoms with Crippen molar-refractivity contribution in [1.29, 1.82) is 0 Å². The lowest BCUT2D eigenvalue weighted by atomic mass is 10.4. The predicted octanol–water partition coefficient (Wildman–Crippen LogP) is 0.402. The van der Waals surface area contributed by atoms with Gasteiger partial charge in [0.2, 0.25) is 11.9 Å². The van der Waals surface area contributed by atoms with Crippen LogP contribution in [0.15, 0.2) is 6.07 Å². The molecule has 0 amide bonds. The Morgan fingerprint density at radius 3 is 2.79 bits per heavy atom. The summed E-state index contributed by atoms with van der Waals surface area (Å²) in [6.07, 6.45) is 0. The highest BCUT2D eigenvalue weighted by Crippen LogP contribution is 2.21. The fourth-order valence-corrected chi connectivity index (χ4v) is 1.51. The maximum Gasteiger partial charge on any atom is 0.240 e. The van der Waals surface area contributed by atoms with Crippen molar-refractivity contribution in [2.24, 2.45) is 0 Å². The van der Waals surface area contributed by atoms with Gasteiger partial charge in [0, 0.05) is 11.8 Å². The average Bonchev–Trinajstić information content (AvgIpc) is 2.42. The lowest BCUT2D eigenvalue weighted by Gasteiger charge is -2.11. The number of fused-ring (bicyclic) bond motifs is 1. The molecule has 2 N–H and O–H groups in total. The summed E-state index contributed by atoms with van der Waals surface area (Å²) < 4.78 is 3.29. The van der Waals surface area contributed by atoms with Crippen LogP contribution in [0.1, 0.15) is 5.69 Å². The van der Waals surface area contributed by atoms with Gasteiger partial charge in [-0.2, -0.15) is 9.50 Å². The maximum atomic E-state index is 5.51. The number of nitrogens with two attached hydrogens (primary N) is 1. The molecule has 8 heteroatoms. The van der Waals surface area contributed by atoms with Gasteiger partial charge >= 0.3 is 0 Å². The van der Waals surface area contributed by atoms with Gasteiger partial charge in [-0.15, -0.1) is 5.10 Å². The SMILES string of the molecule is Cc1cc2nc(N)nn2c(N(P)P)n1. The van der Waals surface area contributed by atoms with Crippen LogP contribution in [-0.4, -0.2) is 19.6 Å². The molecular weight excluding hydrogens is 218 g/mol. The summed E-state index contributed by atoms with van der Waals surface area (Å²) in [4.78, 5) is 8.36. The molecule has 0 aliphatic carbocycles. The van der Waals surface area contributed by atoms with Gasteiger partial charge in [-0.05, 0) is 25.7 Å². The molecule has 0 bridgehead atoms. The normalized spacial score (nSPS) is 10.8. The van der Waals surface area contributed by atoms with Gasteiger partial charge < -0.3 is 10.2 Å². The number of aryl methyl sites for hydroxylation is 1. The number of hydrogen-bond acceptors (Lipinski definition) is 5. The van der Waals surface area contributed by atoms with E-state index in [0.717, 1.165) is 5.69 Å². The second kappa shape index (κ2) is 3.30. The molecule has 0 radical (unpaired) electrons. The van der Waals surface area contributed by atoms with Gasteiger partial charge in [-0.25, -0.2) is 4.98 Å². The summed E-state index contributed by atoms with van der Waals surface area (Å²) in [5, 5.41) is 4.03. The maximum absolute atomic E-state index is 5.51. The minimum Gasteiger partial charge on any atom is -0.366 e. The van der Waals surface area contributed by atoms with Crippen LogP contribution in [0, 0.1) is 6.92 Å². The molecule has 0 saturated heterocycles. The number of nitrogen functional groups attached to an aromatic ring is 1. The second-order valence-corrected chi connectivity index (χ2v) is 4.55. The predicted molar refractivity (Wildman–Crippen MR) is 61.8 cm³/mol. The van der Waals surface area contributed by atoms with Crippen LogP contribution in [0.2, 0.25) is 0 Å². The van der Waals surface area contributed by atoms with E-state index in [1.54, 1.807) is 8.96 Å². The largest absolute Gasteiger partial charge is 0.366 e. The lowest BCUT2D eigenvalue weighted by molar-refractivity contribution is 0.922. The van der Waals surface area contributed by atoms with E-state index >= 15 is 0 Å². The minimum absolute atomic E-state index is 0.246. The van der Waals surface area contributed by atoms with Crippen molar-refractivity contribution in [2.75, 3.05) is 10.2 Å². The first-order valence-corrected chi connectivity index (χ1v) is 4.90. The quantitative estimate of drug-likeness (QED) is 0.715. The van der Waals surface area contributed by atoms with E-state index < -0.39 is 0 Å². The molecule has 0 aliphatic rings. The summed E-state index contributed by atoms with van der Waals surface area (Å²) in [7, 11) is 4.96. The Morgan fingerprint density at radius 1 is 1.43 bits per heavy atom. The van der Waals surface area contributed by atoms with Crippen LogP contribution in [0.5, 0.6) is 0 Å². The van der Waals surface area contributed by atoms with Gasteiger partial charge in [0.1, 0.15) is 0 Å². The van der Waals surface area contributed by atoms with E-state index in [9.17, 15) is 0 Å². The van der Waals surface area contributed by atoms with E-state index in [-0.39, 0.29) is 5.95 Å². The lowest BCUT2D eigenvalue weighted by Crippen LogP contribution is -2.05. The standard InChI is InChI=1S/C6H10N6P2/c1-3-2-4-9-5(7)10-11(4)6(8-3)12(13)14/h2H,13-14H2,1H3,(H2,7,10). The molecule has 0 aliphatic heterocycles. The van der Waals surface area contributed by atoms with Crippen LogP contribution in [0.3, 0.4) is 0 Å². The molecule has 2 aromatic heterocycles.